The van der Waals surface area contributed by atoms with Gasteiger partial charge in [0, 0.05) is 11.7 Å². The number of carbonyl (C=O) groups excluding carboxylic acids is 1. The maximum Gasteiger partial charge on any atom is 0.278 e. The first-order valence-corrected chi connectivity index (χ1v) is 10.9. The van der Waals surface area contributed by atoms with Gasteiger partial charge in [0.1, 0.15) is 5.75 Å². The van der Waals surface area contributed by atoms with E-state index in [1.54, 1.807) is 7.11 Å². The first-order chi connectivity index (χ1) is 12.4. The number of carbonyl (C=O) groups is 1. The molecule has 8 heteroatoms. The molecule has 2 aliphatic heterocycles. The van der Waals surface area contributed by atoms with Crippen LogP contribution in [0.25, 0.3) is 0 Å². The summed E-state index contributed by atoms with van der Waals surface area (Å²) in [6.07, 6.45) is 0.529. The van der Waals surface area contributed by atoms with Crippen LogP contribution in [0.2, 0.25) is 0 Å². The van der Waals surface area contributed by atoms with Crippen molar-refractivity contribution in [1.29, 1.82) is 0 Å². The lowest BCUT2D eigenvalue weighted by Gasteiger charge is -2.36. The lowest BCUT2D eigenvalue weighted by molar-refractivity contribution is -0.914. The third kappa shape index (κ3) is 4.48. The van der Waals surface area contributed by atoms with E-state index in [0.717, 1.165) is 37.6 Å². The smallest absolute Gasteiger partial charge is 0.278 e. The molecule has 0 spiro atoms. The quantitative estimate of drug-likeness (QED) is 0.689. The SMILES string of the molecule is COc1ccc(N2CC[NH+]([C@H](C)C(=O)N[C@@H]3CCS(=O)(=O)C3)CC2)cc1. The Morgan fingerprint density at radius 2 is 1.92 bits per heavy atom. The molecule has 2 saturated heterocycles. The van der Waals surface area contributed by atoms with Gasteiger partial charge in [0.05, 0.1) is 44.8 Å². The largest absolute Gasteiger partial charge is 0.497 e. The number of rotatable bonds is 5. The lowest BCUT2D eigenvalue weighted by Crippen LogP contribution is -3.19. The van der Waals surface area contributed by atoms with E-state index in [0.29, 0.717) is 6.42 Å². The monoisotopic (exact) mass is 382 g/mol. The van der Waals surface area contributed by atoms with Crippen molar-refractivity contribution in [2.45, 2.75) is 25.4 Å². The minimum Gasteiger partial charge on any atom is -0.497 e. The average Bonchev–Trinajstić information content (AvgIpc) is 2.99. The Bertz CT molecular complexity index is 727. The van der Waals surface area contributed by atoms with E-state index in [-0.39, 0.29) is 29.5 Å². The van der Waals surface area contributed by atoms with E-state index in [4.69, 9.17) is 4.74 Å². The van der Waals surface area contributed by atoms with Crippen LogP contribution in [0, 0.1) is 0 Å². The molecule has 2 atom stereocenters. The van der Waals surface area contributed by atoms with Crippen molar-refractivity contribution in [3.8, 4) is 5.75 Å². The number of amides is 1. The first kappa shape index (κ1) is 19.0. The molecule has 3 rings (SSSR count). The molecule has 0 aromatic heterocycles. The zero-order valence-corrected chi connectivity index (χ0v) is 16.2. The molecule has 0 radical (unpaired) electrons. The van der Waals surface area contributed by atoms with Crippen LogP contribution in [0.3, 0.4) is 0 Å². The third-order valence-electron chi connectivity index (χ3n) is 5.43. The highest BCUT2D eigenvalue weighted by Crippen LogP contribution is 2.19. The maximum atomic E-state index is 12.5. The van der Waals surface area contributed by atoms with Crippen molar-refractivity contribution in [2.75, 3.05) is 49.7 Å². The number of benzene rings is 1. The van der Waals surface area contributed by atoms with E-state index >= 15 is 0 Å². The van der Waals surface area contributed by atoms with Crippen molar-refractivity contribution in [2.24, 2.45) is 0 Å². The minimum atomic E-state index is -2.97. The van der Waals surface area contributed by atoms with Gasteiger partial charge in [-0.3, -0.25) is 4.79 Å². The summed E-state index contributed by atoms with van der Waals surface area (Å²) in [5.41, 5.74) is 1.16. The highest BCUT2D eigenvalue weighted by molar-refractivity contribution is 7.91. The topological polar surface area (TPSA) is 80.2 Å². The standard InChI is InChI=1S/C18H27N3O4S/c1-14(18(22)19-15-7-12-26(23,24)13-15)20-8-10-21(11-9-20)16-3-5-17(25-2)6-4-16/h3-6,14-15H,7-13H2,1-2H3,(H,19,22)/p+1/t14-,15-/m1/s1. The van der Waals surface area contributed by atoms with Gasteiger partial charge in [0.25, 0.3) is 5.91 Å². The van der Waals surface area contributed by atoms with E-state index in [9.17, 15) is 13.2 Å². The Labute approximate surface area is 155 Å². The van der Waals surface area contributed by atoms with Crippen molar-refractivity contribution in [3.63, 3.8) is 0 Å². The second-order valence-corrected chi connectivity index (χ2v) is 9.40. The van der Waals surface area contributed by atoms with Gasteiger partial charge in [-0.25, -0.2) is 8.42 Å². The fraction of sp³-hybridized carbons (Fsp3) is 0.611. The summed E-state index contributed by atoms with van der Waals surface area (Å²) in [5, 5.41) is 2.92. The van der Waals surface area contributed by atoms with E-state index < -0.39 is 9.84 Å². The summed E-state index contributed by atoms with van der Waals surface area (Å²) in [7, 11) is -1.31. The molecule has 0 bridgehead atoms. The fourth-order valence-electron chi connectivity index (χ4n) is 3.70. The zero-order chi connectivity index (χ0) is 18.7. The Kier molecular flexibility index (Phi) is 5.72. The Morgan fingerprint density at radius 3 is 2.46 bits per heavy atom. The summed E-state index contributed by atoms with van der Waals surface area (Å²) in [6, 6.07) is 7.63. The molecule has 144 valence electrons. The second-order valence-electron chi connectivity index (χ2n) is 7.17. The number of ether oxygens (including phenoxy) is 1. The molecule has 2 N–H and O–H groups in total. The summed E-state index contributed by atoms with van der Waals surface area (Å²) < 4.78 is 28.3. The summed E-state index contributed by atoms with van der Waals surface area (Å²) in [6.45, 7) is 5.46. The number of quaternary nitrogens is 1. The molecule has 26 heavy (non-hydrogen) atoms. The second kappa shape index (κ2) is 7.84. The Morgan fingerprint density at radius 1 is 1.27 bits per heavy atom. The number of methoxy groups -OCH3 is 1. The van der Waals surface area contributed by atoms with E-state index in [2.05, 4.69) is 22.3 Å². The normalized spacial score (nSPS) is 24.2. The van der Waals surface area contributed by atoms with E-state index in [1.165, 1.54) is 4.90 Å². The number of anilines is 1. The van der Waals surface area contributed by atoms with Crippen LogP contribution in [0.15, 0.2) is 24.3 Å². The van der Waals surface area contributed by atoms with Gasteiger partial charge in [-0.05, 0) is 37.6 Å². The molecule has 1 aromatic carbocycles. The predicted molar refractivity (Wildman–Crippen MR) is 101 cm³/mol. The summed E-state index contributed by atoms with van der Waals surface area (Å²) in [4.78, 5) is 16.0. The molecule has 0 unspecified atom stereocenters. The van der Waals surface area contributed by atoms with Crippen molar-refractivity contribution in [1.82, 2.24) is 5.32 Å². The van der Waals surface area contributed by atoms with Gasteiger partial charge >= 0.3 is 0 Å². The van der Waals surface area contributed by atoms with Crippen LogP contribution in [-0.4, -0.2) is 71.2 Å². The van der Waals surface area contributed by atoms with Gasteiger partial charge in [0.15, 0.2) is 15.9 Å². The van der Waals surface area contributed by atoms with Crippen LogP contribution in [-0.2, 0) is 14.6 Å². The molecule has 2 aliphatic rings. The number of piperazine rings is 1. The summed E-state index contributed by atoms with van der Waals surface area (Å²) >= 11 is 0. The predicted octanol–water partition coefficient (Wildman–Crippen LogP) is -0.908. The number of nitrogens with zero attached hydrogens (tertiary/aromatic N) is 1. The van der Waals surface area contributed by atoms with Crippen molar-refractivity contribution in [3.05, 3.63) is 24.3 Å². The molecule has 0 aliphatic carbocycles. The number of sulfone groups is 1. The highest BCUT2D eigenvalue weighted by atomic mass is 32.2. The summed E-state index contributed by atoms with van der Waals surface area (Å²) in [5.74, 6) is 1.06. The Balaban J connectivity index is 1.49. The van der Waals surface area contributed by atoms with Crippen molar-refractivity contribution < 1.29 is 22.8 Å². The fourth-order valence-corrected chi connectivity index (χ4v) is 5.37. The molecule has 1 amide bonds. The van der Waals surface area contributed by atoms with Crippen molar-refractivity contribution >= 4 is 21.4 Å². The van der Waals surface area contributed by atoms with Gasteiger partial charge in [-0.15, -0.1) is 0 Å². The Hall–Kier alpha value is -1.80. The number of hydrogen-bond donors (Lipinski definition) is 2. The molecular formula is C18H28N3O4S+. The maximum absolute atomic E-state index is 12.5. The van der Waals surface area contributed by atoms with Crippen LogP contribution in [0.4, 0.5) is 5.69 Å². The van der Waals surface area contributed by atoms with Crippen LogP contribution in [0.1, 0.15) is 13.3 Å². The van der Waals surface area contributed by atoms with Crippen LogP contribution in [0.5, 0.6) is 5.75 Å². The lowest BCUT2D eigenvalue weighted by atomic mass is 10.1. The molecule has 0 saturated carbocycles. The molecule has 2 fully saturated rings. The van der Waals surface area contributed by atoms with Crippen LogP contribution < -0.4 is 19.9 Å². The zero-order valence-electron chi connectivity index (χ0n) is 15.4. The molecule has 1 aromatic rings. The number of hydrogen-bond acceptors (Lipinski definition) is 5. The van der Waals surface area contributed by atoms with Crippen LogP contribution >= 0.6 is 0 Å². The molecular weight excluding hydrogens is 354 g/mol. The third-order valence-corrected chi connectivity index (χ3v) is 7.20. The average molecular weight is 383 g/mol. The minimum absolute atomic E-state index is 0.0417. The van der Waals surface area contributed by atoms with E-state index in [1.807, 2.05) is 19.1 Å². The van der Waals surface area contributed by atoms with Gasteiger partial charge in [-0.2, -0.15) is 0 Å². The van der Waals surface area contributed by atoms with Gasteiger partial charge < -0.3 is 19.9 Å². The number of nitrogens with one attached hydrogen (secondary N) is 2. The molecule has 7 nitrogen and oxygen atoms in total. The van der Waals surface area contributed by atoms with Gasteiger partial charge in [0.2, 0.25) is 0 Å². The molecule has 2 heterocycles. The highest BCUT2D eigenvalue weighted by Gasteiger charge is 2.33. The van der Waals surface area contributed by atoms with Gasteiger partial charge in [-0.1, -0.05) is 0 Å². The first-order valence-electron chi connectivity index (χ1n) is 9.12.